The molecule has 0 spiro atoms. The first-order valence-corrected chi connectivity index (χ1v) is 6.30. The number of carbonyl (C=O) groups is 2. The molecule has 7 nitrogen and oxygen atoms in total. The molecule has 2 heterocycles. The number of anilines is 1. The number of aromatic nitrogens is 2. The molecule has 19 heavy (non-hydrogen) atoms. The van der Waals surface area contributed by atoms with Crippen molar-refractivity contribution in [2.75, 3.05) is 5.32 Å². The fourth-order valence-electron chi connectivity index (χ4n) is 1.45. The van der Waals surface area contributed by atoms with Crippen molar-refractivity contribution < 1.29 is 19.2 Å². The maximum atomic E-state index is 11.8. The standard InChI is InChI=1S/C11H11N3O4S/c1-3-6-5(2)19-11(12-6)13-9(15)7-4-8(10(16)17)18-14-7/h4H,3H2,1-2H3,(H,16,17)(H,12,13,15). The topological polar surface area (TPSA) is 105 Å². The van der Waals surface area contributed by atoms with E-state index >= 15 is 0 Å². The number of aromatic carboxylic acids is 1. The lowest BCUT2D eigenvalue weighted by Crippen LogP contribution is -2.12. The highest BCUT2D eigenvalue weighted by Crippen LogP contribution is 2.22. The maximum absolute atomic E-state index is 11.8. The molecule has 0 radical (unpaired) electrons. The third-order valence-electron chi connectivity index (χ3n) is 2.40. The third kappa shape index (κ3) is 2.79. The van der Waals surface area contributed by atoms with Gasteiger partial charge in [0.15, 0.2) is 10.8 Å². The van der Waals surface area contributed by atoms with Crippen LogP contribution in [0.15, 0.2) is 10.6 Å². The van der Waals surface area contributed by atoms with Crippen LogP contribution in [-0.4, -0.2) is 27.1 Å². The fraction of sp³-hybridized carbons (Fsp3) is 0.273. The van der Waals surface area contributed by atoms with E-state index in [-0.39, 0.29) is 11.5 Å². The van der Waals surface area contributed by atoms with Gasteiger partial charge < -0.3 is 9.63 Å². The zero-order chi connectivity index (χ0) is 14.0. The van der Waals surface area contributed by atoms with Crippen LogP contribution in [0.3, 0.4) is 0 Å². The molecule has 8 heteroatoms. The molecule has 0 atom stereocenters. The van der Waals surface area contributed by atoms with Crippen LogP contribution < -0.4 is 5.32 Å². The Balaban J connectivity index is 2.13. The van der Waals surface area contributed by atoms with Crippen LogP contribution >= 0.6 is 11.3 Å². The van der Waals surface area contributed by atoms with E-state index in [1.807, 2.05) is 13.8 Å². The summed E-state index contributed by atoms with van der Waals surface area (Å²) < 4.78 is 4.51. The summed E-state index contributed by atoms with van der Waals surface area (Å²) in [5.41, 5.74) is 0.829. The highest BCUT2D eigenvalue weighted by molar-refractivity contribution is 7.15. The SMILES string of the molecule is CCc1nc(NC(=O)c2cc(C(=O)O)on2)sc1C. The predicted octanol–water partition coefficient (Wildman–Crippen LogP) is 1.95. The predicted molar refractivity (Wildman–Crippen MR) is 67.6 cm³/mol. The molecule has 0 bridgehead atoms. The third-order valence-corrected chi connectivity index (χ3v) is 3.33. The number of carboxylic acid groups (broad SMARTS) is 1. The van der Waals surface area contributed by atoms with Crippen LogP contribution in [0, 0.1) is 6.92 Å². The summed E-state index contributed by atoms with van der Waals surface area (Å²) in [7, 11) is 0. The molecule has 2 aromatic heterocycles. The molecule has 2 aromatic rings. The van der Waals surface area contributed by atoms with Gasteiger partial charge in [0.1, 0.15) is 0 Å². The number of hydrogen-bond donors (Lipinski definition) is 2. The van der Waals surface area contributed by atoms with Gasteiger partial charge in [-0.3, -0.25) is 10.1 Å². The van der Waals surface area contributed by atoms with Crippen molar-refractivity contribution >= 4 is 28.3 Å². The normalized spacial score (nSPS) is 10.4. The molecule has 0 saturated heterocycles. The summed E-state index contributed by atoms with van der Waals surface area (Å²) in [6, 6.07) is 1.07. The Bertz CT molecular complexity index is 632. The summed E-state index contributed by atoms with van der Waals surface area (Å²) >= 11 is 1.36. The summed E-state index contributed by atoms with van der Waals surface area (Å²) in [4.78, 5) is 27.7. The Kier molecular flexibility index (Phi) is 3.61. The number of carbonyl (C=O) groups excluding carboxylic acids is 1. The largest absolute Gasteiger partial charge is 0.475 e. The van der Waals surface area contributed by atoms with Gasteiger partial charge in [-0.1, -0.05) is 12.1 Å². The van der Waals surface area contributed by atoms with Gasteiger partial charge in [0.05, 0.1) is 5.69 Å². The average Bonchev–Trinajstić information content (AvgIpc) is 2.95. The lowest BCUT2D eigenvalue weighted by Gasteiger charge is -1.95. The molecule has 1 amide bonds. The molecule has 0 unspecified atom stereocenters. The van der Waals surface area contributed by atoms with Gasteiger partial charge in [0.25, 0.3) is 5.91 Å². The molecule has 0 aliphatic carbocycles. The minimum absolute atomic E-state index is 0.0942. The van der Waals surface area contributed by atoms with Crippen molar-refractivity contribution in [3.8, 4) is 0 Å². The van der Waals surface area contributed by atoms with Crippen LogP contribution in [0.2, 0.25) is 0 Å². The molecule has 0 aliphatic rings. The van der Waals surface area contributed by atoms with Crippen molar-refractivity contribution in [1.82, 2.24) is 10.1 Å². The van der Waals surface area contributed by atoms with E-state index in [9.17, 15) is 9.59 Å². The Morgan fingerprint density at radius 3 is 2.79 bits per heavy atom. The molecule has 0 fully saturated rings. The first kappa shape index (κ1) is 13.2. The van der Waals surface area contributed by atoms with Crippen molar-refractivity contribution in [2.45, 2.75) is 20.3 Å². The monoisotopic (exact) mass is 281 g/mol. The van der Waals surface area contributed by atoms with E-state index in [4.69, 9.17) is 5.11 Å². The van der Waals surface area contributed by atoms with Gasteiger partial charge >= 0.3 is 5.97 Å². The molecule has 2 rings (SSSR count). The van der Waals surface area contributed by atoms with E-state index in [0.717, 1.165) is 23.1 Å². The van der Waals surface area contributed by atoms with Gasteiger partial charge in [-0.05, 0) is 13.3 Å². The number of thiazole rings is 1. The van der Waals surface area contributed by atoms with Crippen LogP contribution in [0.5, 0.6) is 0 Å². The summed E-state index contributed by atoms with van der Waals surface area (Å²) in [6.07, 6.45) is 0.783. The Hall–Kier alpha value is -2.22. The number of nitrogens with zero attached hydrogens (tertiary/aromatic N) is 2. The molecule has 100 valence electrons. The van der Waals surface area contributed by atoms with Gasteiger partial charge in [0, 0.05) is 10.9 Å². The van der Waals surface area contributed by atoms with Crippen molar-refractivity contribution in [3.63, 3.8) is 0 Å². The first-order valence-electron chi connectivity index (χ1n) is 5.49. The Morgan fingerprint density at radius 2 is 2.26 bits per heavy atom. The smallest absolute Gasteiger partial charge is 0.374 e. The second-order valence-electron chi connectivity index (χ2n) is 3.71. The van der Waals surface area contributed by atoms with Crippen molar-refractivity contribution in [1.29, 1.82) is 0 Å². The van der Waals surface area contributed by atoms with Crippen molar-refractivity contribution in [3.05, 3.63) is 28.1 Å². The van der Waals surface area contributed by atoms with E-state index in [2.05, 4.69) is 20.0 Å². The minimum Gasteiger partial charge on any atom is -0.475 e. The van der Waals surface area contributed by atoms with Gasteiger partial charge in [-0.15, -0.1) is 11.3 Å². The highest BCUT2D eigenvalue weighted by atomic mass is 32.1. The lowest BCUT2D eigenvalue weighted by atomic mass is 10.3. The summed E-state index contributed by atoms with van der Waals surface area (Å²) in [5, 5.41) is 15.1. The molecule has 0 aromatic carbocycles. The van der Waals surface area contributed by atoms with Crippen molar-refractivity contribution in [2.24, 2.45) is 0 Å². The lowest BCUT2D eigenvalue weighted by molar-refractivity contribution is 0.0651. The van der Waals surface area contributed by atoms with Crippen LogP contribution in [0.25, 0.3) is 0 Å². The summed E-state index contributed by atoms with van der Waals surface area (Å²) in [6.45, 7) is 3.90. The second-order valence-corrected chi connectivity index (χ2v) is 4.91. The quantitative estimate of drug-likeness (QED) is 0.887. The van der Waals surface area contributed by atoms with E-state index in [1.54, 1.807) is 0 Å². The Labute approximate surface area is 112 Å². The van der Waals surface area contributed by atoms with E-state index < -0.39 is 11.9 Å². The molecular weight excluding hydrogens is 270 g/mol. The van der Waals surface area contributed by atoms with Gasteiger partial charge in [-0.25, -0.2) is 9.78 Å². The maximum Gasteiger partial charge on any atom is 0.374 e. The van der Waals surface area contributed by atoms with Gasteiger partial charge in [0.2, 0.25) is 5.76 Å². The number of amides is 1. The average molecular weight is 281 g/mol. The first-order chi connectivity index (χ1) is 9.01. The van der Waals surface area contributed by atoms with Crippen LogP contribution in [0.1, 0.15) is 38.5 Å². The zero-order valence-corrected chi connectivity index (χ0v) is 11.1. The number of rotatable bonds is 4. The molecule has 2 N–H and O–H groups in total. The fourth-order valence-corrected chi connectivity index (χ4v) is 2.35. The van der Waals surface area contributed by atoms with Crippen LogP contribution in [-0.2, 0) is 6.42 Å². The number of hydrogen-bond acceptors (Lipinski definition) is 6. The minimum atomic E-state index is -1.27. The molecule has 0 aliphatic heterocycles. The number of aryl methyl sites for hydroxylation is 2. The van der Waals surface area contributed by atoms with Gasteiger partial charge in [-0.2, -0.15) is 0 Å². The van der Waals surface area contributed by atoms with E-state index in [0.29, 0.717) is 5.13 Å². The number of nitrogens with one attached hydrogen (secondary N) is 1. The second kappa shape index (κ2) is 5.19. The number of carboxylic acids is 1. The van der Waals surface area contributed by atoms with E-state index in [1.165, 1.54) is 11.3 Å². The molecule has 0 saturated carbocycles. The summed E-state index contributed by atoms with van der Waals surface area (Å²) in [5.74, 6) is -2.20. The zero-order valence-electron chi connectivity index (χ0n) is 10.3. The highest BCUT2D eigenvalue weighted by Gasteiger charge is 2.18. The van der Waals surface area contributed by atoms with Crippen LogP contribution in [0.4, 0.5) is 5.13 Å². The Morgan fingerprint density at radius 1 is 1.53 bits per heavy atom. The molecular formula is C11H11N3O4S.